The lowest BCUT2D eigenvalue weighted by Gasteiger charge is -2.07. The molecular formula is C9H11N5O4. The fraction of sp³-hybridized carbons (Fsp3) is 0.444. The summed E-state index contributed by atoms with van der Waals surface area (Å²) in [5, 5.41) is 11.6. The zero-order valence-electron chi connectivity index (χ0n) is 9.24. The van der Waals surface area contributed by atoms with Crippen molar-refractivity contribution in [3.63, 3.8) is 0 Å². The van der Waals surface area contributed by atoms with Crippen molar-refractivity contribution in [3.8, 4) is 0 Å². The lowest BCUT2D eigenvalue weighted by molar-refractivity contribution is -0.0880. The van der Waals surface area contributed by atoms with E-state index in [-0.39, 0.29) is 19.2 Å². The Morgan fingerprint density at radius 2 is 2.44 bits per heavy atom. The van der Waals surface area contributed by atoms with E-state index >= 15 is 0 Å². The van der Waals surface area contributed by atoms with Crippen LogP contribution in [0, 0.1) is 0 Å². The van der Waals surface area contributed by atoms with Gasteiger partial charge in [0.1, 0.15) is 6.10 Å². The summed E-state index contributed by atoms with van der Waals surface area (Å²) in [7, 11) is 0. The first-order chi connectivity index (χ1) is 8.69. The number of hydrogen-bond donors (Lipinski definition) is 3. The number of aliphatic hydroxyl groups is 1. The van der Waals surface area contributed by atoms with Crippen LogP contribution < -0.4 is 11.4 Å². The number of aromatic nitrogens is 4. The Bertz CT molecular complexity index is 635. The second-order valence-corrected chi connectivity index (χ2v) is 3.82. The molecule has 0 bridgehead atoms. The highest BCUT2D eigenvalue weighted by atomic mass is 16.7. The number of anilines is 1. The maximum atomic E-state index is 11.5. The van der Waals surface area contributed by atoms with E-state index in [4.69, 9.17) is 20.3 Å². The SMILES string of the molecule is Nc1nc(=O)n2[nH]cc([C@@H]3CO[C@H](CO)O3)c2n1. The monoisotopic (exact) mass is 253 g/mol. The van der Waals surface area contributed by atoms with Crippen molar-refractivity contribution in [2.24, 2.45) is 0 Å². The lowest BCUT2D eigenvalue weighted by Crippen LogP contribution is -2.20. The molecule has 3 heterocycles. The Labute approximate surface area is 100 Å². The Kier molecular flexibility index (Phi) is 2.51. The fourth-order valence-corrected chi connectivity index (χ4v) is 1.88. The predicted molar refractivity (Wildman–Crippen MR) is 58.7 cm³/mol. The van der Waals surface area contributed by atoms with E-state index in [1.54, 1.807) is 6.20 Å². The molecule has 9 heteroatoms. The van der Waals surface area contributed by atoms with Crippen LogP contribution in [-0.2, 0) is 9.47 Å². The molecule has 0 saturated carbocycles. The topological polar surface area (TPSA) is 128 Å². The number of aliphatic hydroxyl groups excluding tert-OH is 1. The minimum absolute atomic E-state index is 0.0986. The molecule has 1 saturated heterocycles. The van der Waals surface area contributed by atoms with Gasteiger partial charge in [-0.1, -0.05) is 0 Å². The van der Waals surface area contributed by atoms with Crippen molar-refractivity contribution in [3.05, 3.63) is 22.2 Å². The minimum atomic E-state index is -0.657. The Morgan fingerprint density at radius 1 is 1.61 bits per heavy atom. The summed E-state index contributed by atoms with van der Waals surface area (Å²) in [6, 6.07) is 0. The summed E-state index contributed by atoms with van der Waals surface area (Å²) in [6.45, 7) is 0.0484. The minimum Gasteiger partial charge on any atom is -0.391 e. The smallest absolute Gasteiger partial charge is 0.371 e. The standard InChI is InChI=1S/C9H11N5O4/c10-8-12-7-4(1-11-14(7)9(16)13-8)5-3-17-6(2-15)18-5/h1,5-6,11,15H,2-3H2,(H2,10,13,16)/t5-,6-/m0/s1. The molecule has 18 heavy (non-hydrogen) atoms. The van der Waals surface area contributed by atoms with Gasteiger partial charge in [-0.3, -0.25) is 5.10 Å². The lowest BCUT2D eigenvalue weighted by atomic mass is 10.2. The summed E-state index contributed by atoms with van der Waals surface area (Å²) in [4.78, 5) is 19.0. The normalized spacial score (nSPS) is 23.8. The number of nitrogens with two attached hydrogens (primary N) is 1. The number of nitrogens with one attached hydrogen (secondary N) is 1. The highest BCUT2D eigenvalue weighted by molar-refractivity contribution is 5.49. The number of rotatable bonds is 2. The molecule has 0 unspecified atom stereocenters. The zero-order valence-corrected chi connectivity index (χ0v) is 9.24. The van der Waals surface area contributed by atoms with Gasteiger partial charge in [0.05, 0.1) is 13.2 Å². The van der Waals surface area contributed by atoms with Crippen LogP contribution >= 0.6 is 0 Å². The van der Waals surface area contributed by atoms with Gasteiger partial charge in [0.2, 0.25) is 5.95 Å². The molecular weight excluding hydrogens is 242 g/mol. The summed E-state index contributed by atoms with van der Waals surface area (Å²) in [6.07, 6.45) is 0.520. The summed E-state index contributed by atoms with van der Waals surface area (Å²) in [5.74, 6) is -0.0986. The van der Waals surface area contributed by atoms with Gasteiger partial charge in [-0.15, -0.1) is 0 Å². The number of aromatic amines is 1. The van der Waals surface area contributed by atoms with Crippen molar-refractivity contribution in [1.29, 1.82) is 0 Å². The molecule has 1 fully saturated rings. The summed E-state index contributed by atoms with van der Waals surface area (Å²) >= 11 is 0. The third-order valence-corrected chi connectivity index (χ3v) is 2.69. The van der Waals surface area contributed by atoms with E-state index in [1.807, 2.05) is 0 Å². The average molecular weight is 253 g/mol. The number of fused-ring (bicyclic) bond motifs is 1. The Morgan fingerprint density at radius 3 is 3.17 bits per heavy atom. The molecule has 2 atom stereocenters. The molecule has 2 aromatic heterocycles. The van der Waals surface area contributed by atoms with Gasteiger partial charge in [-0.25, -0.2) is 4.79 Å². The maximum Gasteiger partial charge on any atom is 0.371 e. The van der Waals surface area contributed by atoms with Crippen molar-refractivity contribution in [1.82, 2.24) is 19.6 Å². The summed E-state index contributed by atoms with van der Waals surface area (Å²) in [5.41, 5.74) is 5.89. The van der Waals surface area contributed by atoms with Crippen molar-refractivity contribution < 1.29 is 14.6 Å². The van der Waals surface area contributed by atoms with Crippen LogP contribution in [0.25, 0.3) is 5.65 Å². The number of nitrogens with zero attached hydrogens (tertiary/aromatic N) is 3. The van der Waals surface area contributed by atoms with Gasteiger partial charge in [-0.05, 0) is 0 Å². The van der Waals surface area contributed by atoms with Crippen molar-refractivity contribution in [2.75, 3.05) is 18.9 Å². The molecule has 1 aliphatic heterocycles. The predicted octanol–water partition coefficient (Wildman–Crippen LogP) is -1.59. The molecule has 3 rings (SSSR count). The van der Waals surface area contributed by atoms with E-state index in [0.29, 0.717) is 11.2 Å². The molecule has 0 spiro atoms. The molecule has 0 aliphatic carbocycles. The van der Waals surface area contributed by atoms with E-state index < -0.39 is 18.1 Å². The van der Waals surface area contributed by atoms with Gasteiger partial charge in [0.15, 0.2) is 11.9 Å². The van der Waals surface area contributed by atoms with Gasteiger partial charge in [-0.2, -0.15) is 14.5 Å². The Balaban J connectivity index is 2.05. The van der Waals surface area contributed by atoms with Crippen LogP contribution in [0.15, 0.2) is 11.0 Å². The molecule has 0 amide bonds. The fourth-order valence-electron chi connectivity index (χ4n) is 1.88. The zero-order chi connectivity index (χ0) is 12.7. The van der Waals surface area contributed by atoms with Crippen LogP contribution in [0.2, 0.25) is 0 Å². The number of H-pyrrole nitrogens is 1. The van der Waals surface area contributed by atoms with Crippen LogP contribution in [-0.4, -0.2) is 44.2 Å². The van der Waals surface area contributed by atoms with E-state index in [1.165, 1.54) is 4.52 Å². The third-order valence-electron chi connectivity index (χ3n) is 2.69. The molecule has 9 nitrogen and oxygen atoms in total. The molecule has 1 aliphatic rings. The molecule has 4 N–H and O–H groups in total. The molecule has 0 radical (unpaired) electrons. The highest BCUT2D eigenvalue weighted by Gasteiger charge is 2.29. The summed E-state index contributed by atoms with van der Waals surface area (Å²) < 4.78 is 11.8. The van der Waals surface area contributed by atoms with E-state index in [0.717, 1.165) is 0 Å². The van der Waals surface area contributed by atoms with Crippen LogP contribution in [0.4, 0.5) is 5.95 Å². The van der Waals surface area contributed by atoms with Crippen LogP contribution in [0.5, 0.6) is 0 Å². The Hall–Kier alpha value is -1.97. The van der Waals surface area contributed by atoms with Gasteiger partial charge < -0.3 is 20.3 Å². The largest absolute Gasteiger partial charge is 0.391 e. The highest BCUT2D eigenvalue weighted by Crippen LogP contribution is 2.28. The average Bonchev–Trinajstić information content (AvgIpc) is 2.93. The van der Waals surface area contributed by atoms with Crippen LogP contribution in [0.3, 0.4) is 0 Å². The molecule has 0 aromatic carbocycles. The van der Waals surface area contributed by atoms with Crippen LogP contribution in [0.1, 0.15) is 11.7 Å². The van der Waals surface area contributed by atoms with E-state index in [9.17, 15) is 4.79 Å². The second-order valence-electron chi connectivity index (χ2n) is 3.82. The van der Waals surface area contributed by atoms with Gasteiger partial charge >= 0.3 is 5.69 Å². The third kappa shape index (κ3) is 1.65. The van der Waals surface area contributed by atoms with Crippen molar-refractivity contribution in [2.45, 2.75) is 12.4 Å². The first kappa shape index (κ1) is 11.1. The molecule has 96 valence electrons. The number of hydrogen-bond acceptors (Lipinski definition) is 7. The van der Waals surface area contributed by atoms with Gasteiger partial charge in [0.25, 0.3) is 0 Å². The number of ether oxygens (including phenoxy) is 2. The number of nitrogen functional groups attached to an aromatic ring is 1. The second kappa shape index (κ2) is 4.05. The maximum absolute atomic E-state index is 11.5. The first-order valence-electron chi connectivity index (χ1n) is 5.30. The van der Waals surface area contributed by atoms with Crippen molar-refractivity contribution >= 4 is 11.6 Å². The quantitative estimate of drug-likeness (QED) is 0.588. The first-order valence-corrected chi connectivity index (χ1v) is 5.30. The molecule has 2 aromatic rings. The van der Waals surface area contributed by atoms with Gasteiger partial charge in [0, 0.05) is 11.8 Å². The van der Waals surface area contributed by atoms with E-state index in [2.05, 4.69) is 15.1 Å².